The standard InChI is InChI=1S/C7H5NO5/c9-4-2-8-1-3(6(10)11)5(4)7(12)13/h1-2,9H,(H,10,11)(H,12,13). The number of rotatable bonds is 2. The second-order valence-electron chi connectivity index (χ2n) is 2.19. The Morgan fingerprint density at radius 3 is 2.15 bits per heavy atom. The van der Waals surface area contributed by atoms with Crippen molar-refractivity contribution < 1.29 is 24.9 Å². The number of carboxylic acid groups (broad SMARTS) is 2. The third kappa shape index (κ3) is 1.56. The highest BCUT2D eigenvalue weighted by molar-refractivity contribution is 6.03. The molecule has 0 spiro atoms. The summed E-state index contributed by atoms with van der Waals surface area (Å²) < 4.78 is 0. The van der Waals surface area contributed by atoms with Gasteiger partial charge in [0.25, 0.3) is 0 Å². The molecule has 0 aliphatic rings. The molecule has 0 fully saturated rings. The van der Waals surface area contributed by atoms with Crippen molar-refractivity contribution in [1.82, 2.24) is 4.98 Å². The predicted molar refractivity (Wildman–Crippen MR) is 39.8 cm³/mol. The van der Waals surface area contributed by atoms with Crippen LogP contribution in [0, 0.1) is 0 Å². The SMILES string of the molecule is O=C(O)c1cncc(O)c1C(=O)O. The molecule has 1 heterocycles. The quantitative estimate of drug-likeness (QED) is 0.603. The van der Waals surface area contributed by atoms with Gasteiger partial charge in [-0.25, -0.2) is 9.59 Å². The van der Waals surface area contributed by atoms with Crippen LogP contribution in [0.25, 0.3) is 0 Å². The van der Waals surface area contributed by atoms with Gasteiger partial charge in [0.05, 0.1) is 11.8 Å². The third-order valence-electron chi connectivity index (χ3n) is 1.37. The van der Waals surface area contributed by atoms with Crippen LogP contribution in [0.3, 0.4) is 0 Å². The maximum atomic E-state index is 10.5. The van der Waals surface area contributed by atoms with Gasteiger partial charge in [0.1, 0.15) is 11.3 Å². The lowest BCUT2D eigenvalue weighted by atomic mass is 10.1. The highest BCUT2D eigenvalue weighted by Gasteiger charge is 2.20. The minimum Gasteiger partial charge on any atom is -0.505 e. The molecular weight excluding hydrogens is 178 g/mol. The van der Waals surface area contributed by atoms with Crippen molar-refractivity contribution >= 4 is 11.9 Å². The van der Waals surface area contributed by atoms with E-state index in [1.54, 1.807) is 0 Å². The fourth-order valence-corrected chi connectivity index (χ4v) is 0.836. The number of carboxylic acids is 2. The van der Waals surface area contributed by atoms with Crippen molar-refractivity contribution in [2.24, 2.45) is 0 Å². The lowest BCUT2D eigenvalue weighted by molar-refractivity contribution is 0.0648. The summed E-state index contributed by atoms with van der Waals surface area (Å²) in [4.78, 5) is 24.3. The number of aromatic hydroxyl groups is 1. The van der Waals surface area contributed by atoms with Crippen molar-refractivity contribution in [3.63, 3.8) is 0 Å². The zero-order valence-electron chi connectivity index (χ0n) is 6.26. The Balaban J connectivity index is 3.43. The summed E-state index contributed by atoms with van der Waals surface area (Å²) in [5.41, 5.74) is -1.19. The maximum Gasteiger partial charge on any atom is 0.340 e. The molecule has 0 aliphatic heterocycles. The monoisotopic (exact) mass is 183 g/mol. The Morgan fingerprint density at radius 1 is 1.15 bits per heavy atom. The molecule has 0 unspecified atom stereocenters. The Labute approximate surface area is 72.1 Å². The summed E-state index contributed by atoms with van der Waals surface area (Å²) in [5, 5.41) is 26.1. The van der Waals surface area contributed by atoms with Crippen LogP contribution in [0.5, 0.6) is 5.75 Å². The fourth-order valence-electron chi connectivity index (χ4n) is 0.836. The van der Waals surface area contributed by atoms with Crippen molar-refractivity contribution in [2.45, 2.75) is 0 Å². The smallest absolute Gasteiger partial charge is 0.340 e. The molecule has 0 atom stereocenters. The highest BCUT2D eigenvalue weighted by atomic mass is 16.4. The molecule has 1 aromatic heterocycles. The molecular formula is C7H5NO5. The number of hydrogen-bond acceptors (Lipinski definition) is 4. The highest BCUT2D eigenvalue weighted by Crippen LogP contribution is 2.18. The summed E-state index contributed by atoms with van der Waals surface area (Å²) in [6, 6.07) is 0. The first-order valence-electron chi connectivity index (χ1n) is 3.17. The van der Waals surface area contributed by atoms with Gasteiger partial charge in [-0.1, -0.05) is 0 Å². The summed E-state index contributed by atoms with van der Waals surface area (Å²) in [6.07, 6.45) is 1.74. The molecule has 0 bridgehead atoms. The number of hydrogen-bond donors (Lipinski definition) is 3. The van der Waals surface area contributed by atoms with Crippen LogP contribution < -0.4 is 0 Å². The van der Waals surface area contributed by atoms with Crippen molar-refractivity contribution in [3.8, 4) is 5.75 Å². The van der Waals surface area contributed by atoms with Crippen LogP contribution >= 0.6 is 0 Å². The van der Waals surface area contributed by atoms with Gasteiger partial charge in [-0.15, -0.1) is 0 Å². The van der Waals surface area contributed by atoms with Gasteiger partial charge < -0.3 is 15.3 Å². The van der Waals surface area contributed by atoms with E-state index in [1.165, 1.54) is 0 Å². The summed E-state index contributed by atoms with van der Waals surface area (Å²) in [7, 11) is 0. The summed E-state index contributed by atoms with van der Waals surface area (Å²) in [5.74, 6) is -3.61. The molecule has 3 N–H and O–H groups in total. The van der Waals surface area contributed by atoms with Gasteiger partial charge in [-0.2, -0.15) is 0 Å². The topological polar surface area (TPSA) is 108 Å². The Morgan fingerprint density at radius 2 is 1.77 bits per heavy atom. The van der Waals surface area contributed by atoms with Crippen LogP contribution in [-0.4, -0.2) is 32.2 Å². The van der Waals surface area contributed by atoms with Crippen molar-refractivity contribution in [3.05, 3.63) is 23.5 Å². The van der Waals surface area contributed by atoms with E-state index in [0.29, 0.717) is 0 Å². The number of aromatic nitrogens is 1. The molecule has 0 saturated heterocycles. The lowest BCUT2D eigenvalue weighted by Gasteiger charge is -2.01. The largest absolute Gasteiger partial charge is 0.505 e. The molecule has 1 aromatic rings. The lowest BCUT2D eigenvalue weighted by Crippen LogP contribution is -2.08. The van der Waals surface area contributed by atoms with E-state index in [0.717, 1.165) is 12.4 Å². The van der Waals surface area contributed by atoms with Crippen LogP contribution in [0.1, 0.15) is 20.7 Å². The van der Waals surface area contributed by atoms with Crippen LogP contribution in [0.15, 0.2) is 12.4 Å². The van der Waals surface area contributed by atoms with Crippen molar-refractivity contribution in [1.29, 1.82) is 0 Å². The average molecular weight is 183 g/mol. The van der Waals surface area contributed by atoms with E-state index in [1.807, 2.05) is 0 Å². The van der Waals surface area contributed by atoms with Gasteiger partial charge >= 0.3 is 11.9 Å². The van der Waals surface area contributed by atoms with E-state index in [-0.39, 0.29) is 0 Å². The minimum atomic E-state index is -1.50. The summed E-state index contributed by atoms with van der Waals surface area (Å²) in [6.45, 7) is 0. The van der Waals surface area contributed by atoms with E-state index in [9.17, 15) is 9.59 Å². The third-order valence-corrected chi connectivity index (χ3v) is 1.37. The zero-order valence-corrected chi connectivity index (χ0v) is 6.26. The second-order valence-corrected chi connectivity index (χ2v) is 2.19. The molecule has 0 aromatic carbocycles. The van der Waals surface area contributed by atoms with Gasteiger partial charge in [0, 0.05) is 6.20 Å². The second kappa shape index (κ2) is 3.10. The fraction of sp³-hybridized carbons (Fsp3) is 0. The molecule has 0 radical (unpaired) electrons. The normalized spacial score (nSPS) is 9.54. The van der Waals surface area contributed by atoms with E-state index in [2.05, 4.69) is 4.98 Å². The van der Waals surface area contributed by atoms with Gasteiger partial charge in [0.15, 0.2) is 0 Å². The van der Waals surface area contributed by atoms with Crippen molar-refractivity contribution in [2.75, 3.05) is 0 Å². The van der Waals surface area contributed by atoms with E-state index >= 15 is 0 Å². The molecule has 68 valence electrons. The molecule has 0 saturated carbocycles. The number of nitrogens with zero attached hydrogens (tertiary/aromatic N) is 1. The first kappa shape index (κ1) is 8.98. The van der Waals surface area contributed by atoms with Crippen LogP contribution in [-0.2, 0) is 0 Å². The first-order valence-corrected chi connectivity index (χ1v) is 3.17. The Bertz CT molecular complexity index is 373. The van der Waals surface area contributed by atoms with Gasteiger partial charge in [0.2, 0.25) is 0 Å². The average Bonchev–Trinajstić information content (AvgIpc) is 2.02. The van der Waals surface area contributed by atoms with E-state index < -0.39 is 28.8 Å². The Hall–Kier alpha value is -2.11. The molecule has 0 aliphatic carbocycles. The first-order chi connectivity index (χ1) is 6.04. The van der Waals surface area contributed by atoms with Crippen LogP contribution in [0.2, 0.25) is 0 Å². The molecule has 6 nitrogen and oxygen atoms in total. The van der Waals surface area contributed by atoms with E-state index in [4.69, 9.17) is 15.3 Å². The molecule has 1 rings (SSSR count). The van der Waals surface area contributed by atoms with Gasteiger partial charge in [-0.05, 0) is 0 Å². The molecule has 13 heavy (non-hydrogen) atoms. The van der Waals surface area contributed by atoms with Gasteiger partial charge in [-0.3, -0.25) is 4.98 Å². The number of aromatic carboxylic acids is 2. The molecule has 0 amide bonds. The summed E-state index contributed by atoms with van der Waals surface area (Å²) >= 11 is 0. The zero-order chi connectivity index (χ0) is 10.0. The maximum absolute atomic E-state index is 10.5. The Kier molecular flexibility index (Phi) is 2.14. The van der Waals surface area contributed by atoms with Crippen LogP contribution in [0.4, 0.5) is 0 Å². The predicted octanol–water partition coefficient (Wildman–Crippen LogP) is 0.184. The number of carbonyl (C=O) groups is 2. The minimum absolute atomic E-state index is 0.535. The molecule has 6 heteroatoms. The number of pyridine rings is 1.